The fourth-order valence-electron chi connectivity index (χ4n) is 1.68. The van der Waals surface area contributed by atoms with Crippen molar-refractivity contribution in [3.05, 3.63) is 46.2 Å². The van der Waals surface area contributed by atoms with Crippen LogP contribution in [0.5, 0.6) is 5.75 Å². The van der Waals surface area contributed by atoms with Gasteiger partial charge in [-0.2, -0.15) is 0 Å². The normalized spacial score (nSPS) is 11.2. The summed E-state index contributed by atoms with van der Waals surface area (Å²) < 4.78 is 32.2. The van der Waals surface area contributed by atoms with Crippen LogP contribution in [0.3, 0.4) is 0 Å². The first-order valence-electron chi connectivity index (χ1n) is 5.83. The summed E-state index contributed by atoms with van der Waals surface area (Å²) in [5.41, 5.74) is 0.773. The largest absolute Gasteiger partial charge is 0.497 e. The van der Waals surface area contributed by atoms with Gasteiger partial charge in [-0.1, -0.05) is 29.3 Å². The first kappa shape index (κ1) is 15.9. The van der Waals surface area contributed by atoms with Crippen LogP contribution in [-0.2, 0) is 10.0 Å². The summed E-state index contributed by atoms with van der Waals surface area (Å²) in [4.78, 5) is 3.89. The van der Waals surface area contributed by atoms with Crippen LogP contribution in [0, 0.1) is 6.92 Å². The molecule has 112 valence electrons. The standard InChI is InChI=1S/C13H12Cl2N2O3S/c1-8-6-11(14)16-13(15)12(8)17-21(18,19)10-5-3-4-9(7-10)20-2/h3-7,17H,1-2H3. The molecule has 0 spiro atoms. The van der Waals surface area contributed by atoms with E-state index in [2.05, 4.69) is 9.71 Å². The zero-order chi connectivity index (χ0) is 15.6. The van der Waals surface area contributed by atoms with Gasteiger partial charge in [0.25, 0.3) is 10.0 Å². The monoisotopic (exact) mass is 346 g/mol. The lowest BCUT2D eigenvalue weighted by atomic mass is 10.3. The summed E-state index contributed by atoms with van der Waals surface area (Å²) in [7, 11) is -2.34. The molecule has 0 aliphatic rings. The highest BCUT2D eigenvalue weighted by Crippen LogP contribution is 2.29. The van der Waals surface area contributed by atoms with E-state index in [4.69, 9.17) is 27.9 Å². The predicted octanol–water partition coefficient (Wildman–Crippen LogP) is 3.51. The number of nitrogens with one attached hydrogen (secondary N) is 1. The van der Waals surface area contributed by atoms with Crippen molar-refractivity contribution in [1.82, 2.24) is 4.98 Å². The van der Waals surface area contributed by atoms with Crippen LogP contribution in [0.25, 0.3) is 0 Å². The van der Waals surface area contributed by atoms with Crippen LogP contribution >= 0.6 is 23.2 Å². The summed E-state index contributed by atoms with van der Waals surface area (Å²) in [5, 5.41) is 0.188. The summed E-state index contributed by atoms with van der Waals surface area (Å²) in [6, 6.07) is 7.63. The maximum Gasteiger partial charge on any atom is 0.262 e. The van der Waals surface area contributed by atoms with Crippen molar-refractivity contribution in [2.24, 2.45) is 0 Å². The number of aromatic nitrogens is 1. The third-order valence-corrected chi connectivity index (χ3v) is 4.54. The number of aryl methyl sites for hydroxylation is 1. The van der Waals surface area contributed by atoms with Crippen molar-refractivity contribution >= 4 is 38.9 Å². The smallest absolute Gasteiger partial charge is 0.262 e. The second kappa shape index (κ2) is 6.09. The minimum atomic E-state index is -3.80. The SMILES string of the molecule is COc1cccc(S(=O)(=O)Nc2c(C)cc(Cl)nc2Cl)c1. The Balaban J connectivity index is 2.42. The van der Waals surface area contributed by atoms with Crippen LogP contribution in [0.1, 0.15) is 5.56 Å². The predicted molar refractivity (Wildman–Crippen MR) is 82.8 cm³/mol. The third-order valence-electron chi connectivity index (χ3n) is 2.73. The van der Waals surface area contributed by atoms with Gasteiger partial charge in [-0.25, -0.2) is 13.4 Å². The van der Waals surface area contributed by atoms with E-state index in [-0.39, 0.29) is 20.9 Å². The number of sulfonamides is 1. The number of ether oxygens (including phenoxy) is 1. The molecule has 1 aromatic carbocycles. The lowest BCUT2D eigenvalue weighted by Crippen LogP contribution is -2.14. The molecule has 1 heterocycles. The second-order valence-electron chi connectivity index (χ2n) is 4.21. The molecule has 0 aliphatic carbocycles. The Morgan fingerprint density at radius 1 is 1.24 bits per heavy atom. The summed E-state index contributed by atoms with van der Waals surface area (Å²) in [5.74, 6) is 0.440. The molecule has 0 radical (unpaired) electrons. The van der Waals surface area contributed by atoms with Crippen LogP contribution in [-0.4, -0.2) is 20.5 Å². The van der Waals surface area contributed by atoms with Crippen molar-refractivity contribution in [2.45, 2.75) is 11.8 Å². The van der Waals surface area contributed by atoms with E-state index in [1.165, 1.54) is 25.3 Å². The molecule has 2 rings (SSSR count). The van der Waals surface area contributed by atoms with Gasteiger partial charge in [-0.3, -0.25) is 4.72 Å². The molecule has 0 aliphatic heterocycles. The Kier molecular flexibility index (Phi) is 4.61. The van der Waals surface area contributed by atoms with Gasteiger partial charge in [0.1, 0.15) is 10.9 Å². The number of halogens is 2. The van der Waals surface area contributed by atoms with E-state index in [9.17, 15) is 8.42 Å². The van der Waals surface area contributed by atoms with E-state index in [1.54, 1.807) is 19.1 Å². The maximum atomic E-state index is 12.4. The molecular formula is C13H12Cl2N2O3S. The Labute approximate surface area is 132 Å². The number of rotatable bonds is 4. The number of nitrogens with zero attached hydrogens (tertiary/aromatic N) is 1. The van der Waals surface area contributed by atoms with Crippen LogP contribution < -0.4 is 9.46 Å². The van der Waals surface area contributed by atoms with Crippen molar-refractivity contribution in [2.75, 3.05) is 11.8 Å². The van der Waals surface area contributed by atoms with Crippen LogP contribution in [0.4, 0.5) is 5.69 Å². The molecule has 8 heteroatoms. The van der Waals surface area contributed by atoms with Gasteiger partial charge in [-0.05, 0) is 30.7 Å². The number of hydrogen-bond donors (Lipinski definition) is 1. The lowest BCUT2D eigenvalue weighted by molar-refractivity contribution is 0.413. The van der Waals surface area contributed by atoms with Gasteiger partial charge in [0.05, 0.1) is 17.7 Å². The molecule has 0 atom stereocenters. The number of methoxy groups -OCH3 is 1. The first-order chi connectivity index (χ1) is 9.83. The van der Waals surface area contributed by atoms with Gasteiger partial charge in [0.2, 0.25) is 0 Å². The highest BCUT2D eigenvalue weighted by molar-refractivity contribution is 7.92. The van der Waals surface area contributed by atoms with Gasteiger partial charge in [0, 0.05) is 6.07 Å². The lowest BCUT2D eigenvalue weighted by Gasteiger charge is -2.12. The second-order valence-corrected chi connectivity index (χ2v) is 6.64. The molecule has 1 aromatic heterocycles. The number of pyridine rings is 1. The van der Waals surface area contributed by atoms with Crippen LogP contribution in [0.15, 0.2) is 35.2 Å². The van der Waals surface area contributed by atoms with Gasteiger partial charge in [-0.15, -0.1) is 0 Å². The molecule has 5 nitrogen and oxygen atoms in total. The third kappa shape index (κ3) is 3.58. The molecule has 21 heavy (non-hydrogen) atoms. The van der Waals surface area contributed by atoms with E-state index in [0.717, 1.165) is 0 Å². The molecule has 0 bridgehead atoms. The molecule has 0 fully saturated rings. The topological polar surface area (TPSA) is 68.3 Å². The van der Waals surface area contributed by atoms with E-state index in [1.807, 2.05) is 0 Å². The number of benzene rings is 1. The van der Waals surface area contributed by atoms with Crippen molar-refractivity contribution in [3.8, 4) is 5.75 Å². The zero-order valence-electron chi connectivity index (χ0n) is 11.2. The molecule has 0 amide bonds. The van der Waals surface area contributed by atoms with Crippen molar-refractivity contribution in [3.63, 3.8) is 0 Å². The van der Waals surface area contributed by atoms with Crippen molar-refractivity contribution < 1.29 is 13.2 Å². The number of hydrogen-bond acceptors (Lipinski definition) is 4. The first-order valence-corrected chi connectivity index (χ1v) is 8.07. The highest BCUT2D eigenvalue weighted by Gasteiger charge is 2.18. The zero-order valence-corrected chi connectivity index (χ0v) is 13.6. The molecule has 0 saturated carbocycles. The fraction of sp³-hybridized carbons (Fsp3) is 0.154. The Bertz CT molecular complexity index is 756. The minimum Gasteiger partial charge on any atom is -0.497 e. The van der Waals surface area contributed by atoms with E-state index >= 15 is 0 Å². The van der Waals surface area contributed by atoms with Crippen molar-refractivity contribution in [1.29, 1.82) is 0 Å². The Morgan fingerprint density at radius 2 is 1.95 bits per heavy atom. The Hall–Kier alpha value is -1.50. The average molecular weight is 347 g/mol. The molecular weight excluding hydrogens is 335 g/mol. The van der Waals surface area contributed by atoms with Gasteiger partial charge >= 0.3 is 0 Å². The average Bonchev–Trinajstić information content (AvgIpc) is 2.43. The molecule has 2 aromatic rings. The quantitative estimate of drug-likeness (QED) is 0.860. The summed E-state index contributed by atoms with van der Waals surface area (Å²) >= 11 is 11.7. The Morgan fingerprint density at radius 3 is 2.57 bits per heavy atom. The maximum absolute atomic E-state index is 12.4. The van der Waals surface area contributed by atoms with E-state index in [0.29, 0.717) is 11.3 Å². The fourth-order valence-corrected chi connectivity index (χ4v) is 3.49. The van der Waals surface area contributed by atoms with Gasteiger partial charge < -0.3 is 4.74 Å². The van der Waals surface area contributed by atoms with Crippen LogP contribution in [0.2, 0.25) is 10.3 Å². The summed E-state index contributed by atoms with van der Waals surface area (Å²) in [6.45, 7) is 1.68. The van der Waals surface area contributed by atoms with E-state index < -0.39 is 10.0 Å². The molecule has 0 unspecified atom stereocenters. The highest BCUT2D eigenvalue weighted by atomic mass is 35.5. The summed E-state index contributed by atoms with van der Waals surface area (Å²) in [6.07, 6.45) is 0. The van der Waals surface area contributed by atoms with Gasteiger partial charge in [0.15, 0.2) is 5.15 Å². The minimum absolute atomic E-state index is 0.00790. The molecule has 1 N–H and O–H groups in total. The number of anilines is 1. The molecule has 0 saturated heterocycles.